The number of aromatic nitrogens is 1. The molecular formula is C28H31N3O2. The van der Waals surface area contributed by atoms with Gasteiger partial charge in [-0.15, -0.1) is 0 Å². The Morgan fingerprint density at radius 3 is 2.48 bits per heavy atom. The highest BCUT2D eigenvalue weighted by Gasteiger charge is 2.36. The van der Waals surface area contributed by atoms with Crippen molar-refractivity contribution >= 4 is 22.7 Å². The van der Waals surface area contributed by atoms with Crippen molar-refractivity contribution in [2.75, 3.05) is 19.6 Å². The standard InChI is InChI=1S/C28H31N3O2/c32-27-24(12-4-5-17-31(27)20-21-8-2-1-3-9-21)22-14-18-30(19-15-22)28(33)25-13-6-10-23-11-7-16-29-26(23)25/h1-3,6-11,13,16,22,24H,4-5,12,14-15,17-20H2. The number of carbonyl (C=O) groups is 2. The highest BCUT2D eigenvalue weighted by atomic mass is 16.2. The van der Waals surface area contributed by atoms with E-state index in [0.29, 0.717) is 37.0 Å². The van der Waals surface area contributed by atoms with E-state index in [1.165, 1.54) is 5.56 Å². The lowest BCUT2D eigenvalue weighted by Gasteiger charge is -2.36. The fraction of sp³-hybridized carbons (Fsp3) is 0.393. The Balaban J connectivity index is 1.25. The van der Waals surface area contributed by atoms with E-state index in [2.05, 4.69) is 22.0 Å². The van der Waals surface area contributed by atoms with Gasteiger partial charge in [0.2, 0.25) is 5.91 Å². The van der Waals surface area contributed by atoms with E-state index in [0.717, 1.165) is 49.6 Å². The van der Waals surface area contributed by atoms with E-state index in [1.54, 1.807) is 6.20 Å². The number of hydrogen-bond acceptors (Lipinski definition) is 3. The summed E-state index contributed by atoms with van der Waals surface area (Å²) in [5, 5.41) is 0.987. The molecule has 2 aliphatic heterocycles. The summed E-state index contributed by atoms with van der Waals surface area (Å²) in [5.41, 5.74) is 2.63. The van der Waals surface area contributed by atoms with Gasteiger partial charge in [-0.25, -0.2) is 0 Å². The Labute approximate surface area is 195 Å². The third-order valence-corrected chi connectivity index (χ3v) is 7.30. The van der Waals surface area contributed by atoms with Crippen LogP contribution in [-0.2, 0) is 11.3 Å². The zero-order valence-electron chi connectivity index (χ0n) is 19.0. The molecule has 0 N–H and O–H groups in total. The molecule has 1 atom stereocenters. The number of carbonyl (C=O) groups excluding carboxylic acids is 2. The fourth-order valence-electron chi connectivity index (χ4n) is 5.49. The van der Waals surface area contributed by atoms with E-state index in [-0.39, 0.29) is 11.8 Å². The van der Waals surface area contributed by atoms with Crippen molar-refractivity contribution in [2.45, 2.75) is 38.6 Å². The number of rotatable bonds is 4. The van der Waals surface area contributed by atoms with E-state index >= 15 is 0 Å². The first-order valence-corrected chi connectivity index (χ1v) is 12.2. The maximum atomic E-state index is 13.5. The zero-order valence-corrected chi connectivity index (χ0v) is 19.0. The van der Waals surface area contributed by atoms with Crippen molar-refractivity contribution in [2.24, 2.45) is 11.8 Å². The molecule has 2 amide bonds. The molecule has 2 aromatic carbocycles. The minimum atomic E-state index is 0.0515. The molecule has 0 bridgehead atoms. The first kappa shape index (κ1) is 21.6. The molecule has 3 heterocycles. The Bertz CT molecular complexity index is 1120. The van der Waals surface area contributed by atoms with Crippen LogP contribution in [-0.4, -0.2) is 46.2 Å². The normalized spacial score (nSPS) is 20.1. The third kappa shape index (κ3) is 4.63. The minimum Gasteiger partial charge on any atom is -0.339 e. The lowest BCUT2D eigenvalue weighted by atomic mass is 9.81. The van der Waals surface area contributed by atoms with Gasteiger partial charge in [-0.1, -0.05) is 55.0 Å². The van der Waals surface area contributed by atoms with Crippen LogP contribution >= 0.6 is 0 Å². The van der Waals surface area contributed by atoms with Crippen molar-refractivity contribution in [1.82, 2.24) is 14.8 Å². The molecule has 2 aliphatic rings. The van der Waals surface area contributed by atoms with Crippen molar-refractivity contribution in [3.63, 3.8) is 0 Å². The second kappa shape index (κ2) is 9.74. The fourth-order valence-corrected chi connectivity index (χ4v) is 5.49. The number of para-hydroxylation sites is 1. The summed E-state index contributed by atoms with van der Waals surface area (Å²) in [7, 11) is 0. The smallest absolute Gasteiger partial charge is 0.256 e. The Morgan fingerprint density at radius 2 is 1.67 bits per heavy atom. The molecule has 3 aromatic rings. The average Bonchev–Trinajstić information content (AvgIpc) is 3.05. The maximum absolute atomic E-state index is 13.5. The first-order valence-electron chi connectivity index (χ1n) is 12.2. The van der Waals surface area contributed by atoms with Crippen LogP contribution in [0.25, 0.3) is 10.9 Å². The molecule has 0 spiro atoms. The molecular weight excluding hydrogens is 410 g/mol. The topological polar surface area (TPSA) is 53.5 Å². The number of likely N-dealkylation sites (tertiary alicyclic amines) is 2. The van der Waals surface area contributed by atoms with Crippen molar-refractivity contribution in [3.8, 4) is 0 Å². The van der Waals surface area contributed by atoms with Gasteiger partial charge in [0.1, 0.15) is 0 Å². The first-order chi connectivity index (χ1) is 16.2. The number of fused-ring (bicyclic) bond motifs is 1. The summed E-state index contributed by atoms with van der Waals surface area (Å²) < 4.78 is 0. The lowest BCUT2D eigenvalue weighted by Crippen LogP contribution is -2.44. The monoisotopic (exact) mass is 441 g/mol. The van der Waals surface area contributed by atoms with Gasteiger partial charge in [0, 0.05) is 43.7 Å². The average molecular weight is 442 g/mol. The molecule has 5 nitrogen and oxygen atoms in total. The van der Waals surface area contributed by atoms with Crippen LogP contribution in [0.5, 0.6) is 0 Å². The second-order valence-electron chi connectivity index (χ2n) is 9.36. The summed E-state index contributed by atoms with van der Waals surface area (Å²) in [5.74, 6) is 0.784. The van der Waals surface area contributed by atoms with Gasteiger partial charge in [-0.05, 0) is 49.3 Å². The highest BCUT2D eigenvalue weighted by molar-refractivity contribution is 6.05. The molecule has 2 fully saturated rings. The zero-order chi connectivity index (χ0) is 22.6. The molecule has 1 unspecified atom stereocenters. The number of hydrogen-bond donors (Lipinski definition) is 0. The molecule has 0 aliphatic carbocycles. The molecule has 2 saturated heterocycles. The third-order valence-electron chi connectivity index (χ3n) is 7.30. The molecule has 5 rings (SSSR count). The molecule has 0 radical (unpaired) electrons. The Morgan fingerprint density at radius 1 is 0.879 bits per heavy atom. The highest BCUT2D eigenvalue weighted by Crippen LogP contribution is 2.33. The summed E-state index contributed by atoms with van der Waals surface area (Å²) >= 11 is 0. The van der Waals surface area contributed by atoms with Crippen LogP contribution in [0.4, 0.5) is 0 Å². The van der Waals surface area contributed by atoms with Gasteiger partial charge >= 0.3 is 0 Å². The summed E-state index contributed by atoms with van der Waals surface area (Å²) in [6.07, 6.45) is 6.65. The van der Waals surface area contributed by atoms with Gasteiger partial charge in [0.25, 0.3) is 5.91 Å². The van der Waals surface area contributed by atoms with E-state index in [9.17, 15) is 9.59 Å². The van der Waals surface area contributed by atoms with Gasteiger partial charge in [0.15, 0.2) is 0 Å². The quantitative estimate of drug-likeness (QED) is 0.578. The predicted molar refractivity (Wildman–Crippen MR) is 130 cm³/mol. The second-order valence-corrected chi connectivity index (χ2v) is 9.36. The largest absolute Gasteiger partial charge is 0.339 e. The van der Waals surface area contributed by atoms with Crippen molar-refractivity contribution in [3.05, 3.63) is 78.0 Å². The Kier molecular flexibility index (Phi) is 6.38. The van der Waals surface area contributed by atoms with Gasteiger partial charge in [0.05, 0.1) is 11.1 Å². The van der Waals surface area contributed by atoms with Gasteiger partial charge < -0.3 is 9.80 Å². The molecule has 33 heavy (non-hydrogen) atoms. The molecule has 170 valence electrons. The van der Waals surface area contributed by atoms with E-state index in [1.807, 2.05) is 53.4 Å². The van der Waals surface area contributed by atoms with Gasteiger partial charge in [-0.2, -0.15) is 0 Å². The van der Waals surface area contributed by atoms with Crippen LogP contribution in [0.15, 0.2) is 66.9 Å². The van der Waals surface area contributed by atoms with Crippen LogP contribution in [0.2, 0.25) is 0 Å². The Hall–Kier alpha value is -3.21. The van der Waals surface area contributed by atoms with E-state index in [4.69, 9.17) is 0 Å². The van der Waals surface area contributed by atoms with Crippen LogP contribution in [0, 0.1) is 11.8 Å². The SMILES string of the molecule is O=C(c1cccc2cccnc12)N1CCC(C2CCCCN(Cc3ccccc3)C2=O)CC1. The number of piperidine rings is 1. The van der Waals surface area contributed by atoms with E-state index < -0.39 is 0 Å². The number of benzene rings is 2. The molecule has 1 aromatic heterocycles. The van der Waals surface area contributed by atoms with Crippen molar-refractivity contribution in [1.29, 1.82) is 0 Å². The maximum Gasteiger partial charge on any atom is 0.256 e. The van der Waals surface area contributed by atoms with Crippen LogP contribution in [0.3, 0.4) is 0 Å². The molecule has 0 saturated carbocycles. The summed E-state index contributed by atoms with van der Waals surface area (Å²) in [6, 6.07) is 20.0. The van der Waals surface area contributed by atoms with Gasteiger partial charge in [-0.3, -0.25) is 14.6 Å². The molecule has 5 heteroatoms. The number of pyridine rings is 1. The van der Waals surface area contributed by atoms with Crippen molar-refractivity contribution < 1.29 is 9.59 Å². The van der Waals surface area contributed by atoms with Crippen LogP contribution < -0.4 is 0 Å². The number of amides is 2. The minimum absolute atomic E-state index is 0.0515. The number of nitrogens with zero attached hydrogens (tertiary/aromatic N) is 3. The van der Waals surface area contributed by atoms with Crippen LogP contribution in [0.1, 0.15) is 48.0 Å². The predicted octanol–water partition coefficient (Wildman–Crippen LogP) is 4.92. The summed E-state index contributed by atoms with van der Waals surface area (Å²) in [4.78, 5) is 35.2. The summed E-state index contributed by atoms with van der Waals surface area (Å²) in [6.45, 7) is 2.95. The lowest BCUT2D eigenvalue weighted by molar-refractivity contribution is -0.137.